The molecule has 0 unspecified atom stereocenters. The number of amides is 1. The SMILES string of the molecule is CCONC(=O)COc1ccccc1CC. The Labute approximate surface area is 95.5 Å². The standard InChI is InChI=1S/C12H17NO3/c1-3-10-7-5-6-8-11(10)15-9-12(14)13-16-4-2/h5-8H,3-4,9H2,1-2H3,(H,13,14). The average Bonchev–Trinajstić information content (AvgIpc) is 2.34. The molecular formula is C12H17NO3. The second-order valence-corrected chi connectivity index (χ2v) is 3.21. The van der Waals surface area contributed by atoms with E-state index >= 15 is 0 Å². The predicted octanol–water partition coefficient (Wildman–Crippen LogP) is 1.70. The number of benzene rings is 1. The number of hydrogen-bond donors (Lipinski definition) is 1. The van der Waals surface area contributed by atoms with Gasteiger partial charge in [-0.3, -0.25) is 9.63 Å². The summed E-state index contributed by atoms with van der Waals surface area (Å²) in [6.07, 6.45) is 0.878. The van der Waals surface area contributed by atoms with Gasteiger partial charge in [-0.15, -0.1) is 0 Å². The third-order valence-electron chi connectivity index (χ3n) is 2.04. The smallest absolute Gasteiger partial charge is 0.281 e. The lowest BCUT2D eigenvalue weighted by Gasteiger charge is -2.09. The molecule has 0 saturated heterocycles. The molecular weight excluding hydrogens is 206 g/mol. The van der Waals surface area contributed by atoms with Crippen LogP contribution in [0.4, 0.5) is 0 Å². The monoisotopic (exact) mass is 223 g/mol. The number of nitrogens with one attached hydrogen (secondary N) is 1. The van der Waals surface area contributed by atoms with Crippen molar-refractivity contribution in [3.8, 4) is 5.75 Å². The molecule has 0 atom stereocenters. The predicted molar refractivity (Wildman–Crippen MR) is 61.1 cm³/mol. The van der Waals surface area contributed by atoms with Gasteiger partial charge in [-0.25, -0.2) is 5.48 Å². The molecule has 0 aliphatic rings. The second-order valence-electron chi connectivity index (χ2n) is 3.21. The number of hydrogen-bond acceptors (Lipinski definition) is 3. The van der Waals surface area contributed by atoms with Crippen LogP contribution in [0.25, 0.3) is 0 Å². The number of aryl methyl sites for hydroxylation is 1. The van der Waals surface area contributed by atoms with Gasteiger partial charge in [-0.2, -0.15) is 0 Å². The quantitative estimate of drug-likeness (QED) is 0.747. The highest BCUT2D eigenvalue weighted by molar-refractivity contribution is 5.76. The molecule has 0 saturated carbocycles. The highest BCUT2D eigenvalue weighted by Gasteiger charge is 2.04. The molecule has 0 radical (unpaired) electrons. The third-order valence-corrected chi connectivity index (χ3v) is 2.04. The van der Waals surface area contributed by atoms with Gasteiger partial charge in [0.15, 0.2) is 6.61 Å². The Morgan fingerprint density at radius 2 is 2.06 bits per heavy atom. The van der Waals surface area contributed by atoms with E-state index in [1.165, 1.54) is 0 Å². The Morgan fingerprint density at radius 1 is 1.31 bits per heavy atom. The molecule has 1 amide bonds. The molecule has 1 aromatic rings. The van der Waals surface area contributed by atoms with Gasteiger partial charge < -0.3 is 4.74 Å². The second kappa shape index (κ2) is 6.85. The van der Waals surface area contributed by atoms with Gasteiger partial charge >= 0.3 is 0 Å². The van der Waals surface area contributed by atoms with E-state index < -0.39 is 0 Å². The topological polar surface area (TPSA) is 47.6 Å². The van der Waals surface area contributed by atoms with Crippen molar-refractivity contribution in [2.24, 2.45) is 0 Å². The molecule has 0 aliphatic heterocycles. The molecule has 0 heterocycles. The van der Waals surface area contributed by atoms with Crippen molar-refractivity contribution in [1.29, 1.82) is 0 Å². The van der Waals surface area contributed by atoms with Crippen molar-refractivity contribution in [3.05, 3.63) is 29.8 Å². The van der Waals surface area contributed by atoms with Crippen molar-refractivity contribution < 1.29 is 14.4 Å². The molecule has 0 aliphatic carbocycles. The van der Waals surface area contributed by atoms with Gasteiger partial charge in [0.25, 0.3) is 5.91 Å². The molecule has 4 nitrogen and oxygen atoms in total. The van der Waals surface area contributed by atoms with Gasteiger partial charge in [0.2, 0.25) is 0 Å². The van der Waals surface area contributed by atoms with Crippen molar-refractivity contribution >= 4 is 5.91 Å². The Bertz CT molecular complexity index is 339. The first kappa shape index (κ1) is 12.5. The van der Waals surface area contributed by atoms with Crippen LogP contribution in [0.1, 0.15) is 19.4 Å². The van der Waals surface area contributed by atoms with Crippen molar-refractivity contribution in [1.82, 2.24) is 5.48 Å². The summed E-state index contributed by atoms with van der Waals surface area (Å²) in [5.74, 6) is 0.462. The summed E-state index contributed by atoms with van der Waals surface area (Å²) >= 11 is 0. The summed E-state index contributed by atoms with van der Waals surface area (Å²) in [6.45, 7) is 4.25. The first-order valence-corrected chi connectivity index (χ1v) is 5.39. The first-order chi connectivity index (χ1) is 7.77. The summed E-state index contributed by atoms with van der Waals surface area (Å²) in [7, 11) is 0. The van der Waals surface area contributed by atoms with E-state index in [0.717, 1.165) is 17.7 Å². The lowest BCUT2D eigenvalue weighted by atomic mass is 10.1. The van der Waals surface area contributed by atoms with Crippen LogP contribution < -0.4 is 10.2 Å². The van der Waals surface area contributed by atoms with Crippen LogP contribution in [0, 0.1) is 0 Å². The Morgan fingerprint density at radius 3 is 2.75 bits per heavy atom. The fraction of sp³-hybridized carbons (Fsp3) is 0.417. The van der Waals surface area contributed by atoms with Gasteiger partial charge in [0.05, 0.1) is 6.61 Å². The molecule has 0 fully saturated rings. The van der Waals surface area contributed by atoms with E-state index in [1.807, 2.05) is 31.2 Å². The number of hydroxylamine groups is 1. The molecule has 1 aromatic carbocycles. The third kappa shape index (κ3) is 3.90. The number of para-hydroxylation sites is 1. The number of ether oxygens (including phenoxy) is 1. The van der Waals surface area contributed by atoms with Crippen LogP contribution in [0.2, 0.25) is 0 Å². The number of carbonyl (C=O) groups is 1. The van der Waals surface area contributed by atoms with E-state index in [9.17, 15) is 4.79 Å². The van der Waals surface area contributed by atoms with Crippen molar-refractivity contribution in [2.45, 2.75) is 20.3 Å². The maximum Gasteiger partial charge on any atom is 0.281 e. The highest BCUT2D eigenvalue weighted by Crippen LogP contribution is 2.17. The number of rotatable bonds is 6. The highest BCUT2D eigenvalue weighted by atomic mass is 16.7. The van der Waals surface area contributed by atoms with Gasteiger partial charge in [0, 0.05) is 0 Å². The lowest BCUT2D eigenvalue weighted by Crippen LogP contribution is -2.29. The van der Waals surface area contributed by atoms with Crippen LogP contribution >= 0.6 is 0 Å². The Balaban J connectivity index is 2.44. The summed E-state index contributed by atoms with van der Waals surface area (Å²) in [5, 5.41) is 0. The summed E-state index contributed by atoms with van der Waals surface area (Å²) in [5.41, 5.74) is 3.37. The Kier molecular flexibility index (Phi) is 5.36. The zero-order chi connectivity index (χ0) is 11.8. The van der Waals surface area contributed by atoms with Crippen LogP contribution in [0.5, 0.6) is 5.75 Å². The van der Waals surface area contributed by atoms with Crippen LogP contribution in [0.3, 0.4) is 0 Å². The largest absolute Gasteiger partial charge is 0.483 e. The lowest BCUT2D eigenvalue weighted by molar-refractivity contribution is -0.135. The molecule has 4 heteroatoms. The van der Waals surface area contributed by atoms with Gasteiger partial charge in [-0.1, -0.05) is 25.1 Å². The molecule has 0 bridgehead atoms. The minimum absolute atomic E-state index is 0.0307. The van der Waals surface area contributed by atoms with Crippen LogP contribution in [0.15, 0.2) is 24.3 Å². The molecule has 1 rings (SSSR count). The zero-order valence-electron chi connectivity index (χ0n) is 9.66. The van der Waals surface area contributed by atoms with Crippen molar-refractivity contribution in [2.75, 3.05) is 13.2 Å². The molecule has 0 spiro atoms. The summed E-state index contributed by atoms with van der Waals surface area (Å²) in [4.78, 5) is 16.0. The minimum atomic E-state index is -0.284. The summed E-state index contributed by atoms with van der Waals surface area (Å²) < 4.78 is 5.39. The molecule has 16 heavy (non-hydrogen) atoms. The molecule has 0 aromatic heterocycles. The van der Waals surface area contributed by atoms with E-state index in [0.29, 0.717) is 6.61 Å². The minimum Gasteiger partial charge on any atom is -0.483 e. The fourth-order valence-corrected chi connectivity index (χ4v) is 1.26. The maximum atomic E-state index is 11.2. The molecule has 88 valence electrons. The van der Waals surface area contributed by atoms with Crippen LogP contribution in [-0.2, 0) is 16.1 Å². The maximum absolute atomic E-state index is 11.2. The zero-order valence-corrected chi connectivity index (χ0v) is 9.66. The Hall–Kier alpha value is -1.55. The van der Waals surface area contributed by atoms with Crippen molar-refractivity contribution in [3.63, 3.8) is 0 Å². The number of carbonyl (C=O) groups excluding carboxylic acids is 1. The van der Waals surface area contributed by atoms with E-state index in [4.69, 9.17) is 9.57 Å². The average molecular weight is 223 g/mol. The van der Waals surface area contributed by atoms with E-state index in [2.05, 4.69) is 5.48 Å². The normalized spacial score (nSPS) is 9.88. The van der Waals surface area contributed by atoms with E-state index in [1.54, 1.807) is 6.92 Å². The fourth-order valence-electron chi connectivity index (χ4n) is 1.26. The first-order valence-electron chi connectivity index (χ1n) is 5.39. The van der Waals surface area contributed by atoms with Crippen LogP contribution in [-0.4, -0.2) is 19.1 Å². The van der Waals surface area contributed by atoms with Gasteiger partial charge in [-0.05, 0) is 25.0 Å². The summed E-state index contributed by atoms with van der Waals surface area (Å²) in [6, 6.07) is 7.67. The van der Waals surface area contributed by atoms with Gasteiger partial charge in [0.1, 0.15) is 5.75 Å². The molecule has 1 N–H and O–H groups in total. The van der Waals surface area contributed by atoms with E-state index in [-0.39, 0.29) is 12.5 Å².